The van der Waals surface area contributed by atoms with Crippen molar-refractivity contribution in [2.24, 2.45) is 5.92 Å². The van der Waals surface area contributed by atoms with Gasteiger partial charge in [-0.3, -0.25) is 0 Å². The molecular formula is C54H38N4O. The molecule has 0 aliphatic heterocycles. The summed E-state index contributed by atoms with van der Waals surface area (Å²) in [5, 5.41) is 0. The van der Waals surface area contributed by atoms with E-state index in [1.165, 1.54) is 5.56 Å². The first-order valence-electron chi connectivity index (χ1n) is 20.2. The lowest BCUT2D eigenvalue weighted by molar-refractivity contribution is 0.578. The third-order valence-corrected chi connectivity index (χ3v) is 11.6. The third-order valence-electron chi connectivity index (χ3n) is 11.6. The number of benzene rings is 5. The summed E-state index contributed by atoms with van der Waals surface area (Å²) >= 11 is 0. The molecule has 0 fully saturated rings. The highest BCUT2D eigenvalue weighted by Crippen LogP contribution is 2.46. The number of nitrogens with zero attached hydrogens (tertiary/aromatic N) is 4. The van der Waals surface area contributed by atoms with Crippen LogP contribution in [-0.2, 0) is 0 Å². The van der Waals surface area contributed by atoms with Crippen LogP contribution in [-0.4, -0.2) is 19.9 Å². The molecule has 0 saturated carbocycles. The molecule has 8 aromatic rings. The Morgan fingerprint density at radius 3 is 1.75 bits per heavy atom. The molecular weight excluding hydrogens is 721 g/mol. The lowest BCUT2D eigenvalue weighted by Gasteiger charge is -2.24. The lowest BCUT2D eigenvalue weighted by atomic mass is 9.79. The topological polar surface area (TPSA) is 64.7 Å². The van der Waals surface area contributed by atoms with Gasteiger partial charge in [0.2, 0.25) is 0 Å². The Morgan fingerprint density at radius 1 is 0.475 bits per heavy atom. The summed E-state index contributed by atoms with van der Waals surface area (Å²) in [6, 6.07) is 48.4. The summed E-state index contributed by atoms with van der Waals surface area (Å²) in [6.07, 6.45) is 22.9. The van der Waals surface area contributed by atoms with E-state index in [1.54, 1.807) is 0 Å². The second-order valence-corrected chi connectivity index (χ2v) is 15.3. The van der Waals surface area contributed by atoms with Crippen LogP contribution in [0.4, 0.5) is 0 Å². The van der Waals surface area contributed by atoms with Crippen LogP contribution in [0.15, 0.2) is 199 Å². The van der Waals surface area contributed by atoms with Crippen LogP contribution in [0.5, 0.6) is 0 Å². The fourth-order valence-corrected chi connectivity index (χ4v) is 8.56. The Kier molecular flexibility index (Phi) is 8.70. The van der Waals surface area contributed by atoms with Crippen LogP contribution in [0.25, 0.3) is 84.9 Å². The normalized spacial score (nSPS) is 17.6. The maximum atomic E-state index is 6.81. The van der Waals surface area contributed by atoms with Gasteiger partial charge in [-0.05, 0) is 47.4 Å². The van der Waals surface area contributed by atoms with E-state index in [0.29, 0.717) is 17.2 Å². The highest BCUT2D eigenvalue weighted by Gasteiger charge is 2.32. The van der Waals surface area contributed by atoms with E-state index in [9.17, 15) is 0 Å². The average Bonchev–Trinajstić information content (AvgIpc) is 3.71. The predicted octanol–water partition coefficient (Wildman–Crippen LogP) is 13.5. The molecule has 3 heterocycles. The van der Waals surface area contributed by atoms with Crippen LogP contribution >= 0.6 is 0 Å². The van der Waals surface area contributed by atoms with Crippen LogP contribution in [0, 0.1) is 5.92 Å². The molecule has 0 amide bonds. The van der Waals surface area contributed by atoms with Crippen LogP contribution in [0.2, 0.25) is 0 Å². The van der Waals surface area contributed by atoms with Gasteiger partial charge in [0.25, 0.3) is 0 Å². The smallest absolute Gasteiger partial charge is 0.179 e. The summed E-state index contributed by atoms with van der Waals surface area (Å²) in [5.41, 5.74) is 13.6. The van der Waals surface area contributed by atoms with Crippen molar-refractivity contribution in [3.8, 4) is 67.7 Å². The number of allylic oxidation sites excluding steroid dienone is 9. The van der Waals surface area contributed by atoms with Crippen molar-refractivity contribution in [2.75, 3.05) is 0 Å². The molecule has 5 nitrogen and oxygen atoms in total. The summed E-state index contributed by atoms with van der Waals surface area (Å²) < 4.78 is 6.81. The molecule has 11 rings (SSSR count). The van der Waals surface area contributed by atoms with Crippen molar-refractivity contribution in [1.82, 2.24) is 19.9 Å². The molecule has 5 aromatic carbocycles. The van der Waals surface area contributed by atoms with E-state index in [4.69, 9.17) is 24.4 Å². The summed E-state index contributed by atoms with van der Waals surface area (Å²) in [4.78, 5) is 20.9. The molecule has 5 heteroatoms. The average molecular weight is 759 g/mol. The fraction of sp³-hybridized carbons (Fsp3) is 0.0741. The SMILES string of the molecule is C1=CCC(c2cc(-c3ccccc3)cc(-c3nc(-c4ccc(-c5nc(-c6ccccc6)cc(-c6ccccc6)n5)cc4)nc4c5c(oc34)C=CC3C=CC=CC53)c2)C=C1. The Labute approximate surface area is 343 Å². The largest absolute Gasteiger partial charge is 0.452 e. The monoisotopic (exact) mass is 758 g/mol. The van der Waals surface area contributed by atoms with E-state index < -0.39 is 0 Å². The number of fused-ring (bicyclic) bond motifs is 5. The zero-order valence-electron chi connectivity index (χ0n) is 32.2. The van der Waals surface area contributed by atoms with Crippen LogP contribution in [0.1, 0.15) is 35.1 Å². The second kappa shape index (κ2) is 14.8. The van der Waals surface area contributed by atoms with Crippen molar-refractivity contribution in [3.63, 3.8) is 0 Å². The molecule has 3 unspecified atom stereocenters. The van der Waals surface area contributed by atoms with E-state index >= 15 is 0 Å². The lowest BCUT2D eigenvalue weighted by Crippen LogP contribution is -2.12. The van der Waals surface area contributed by atoms with Gasteiger partial charge in [0.1, 0.15) is 17.0 Å². The van der Waals surface area contributed by atoms with Gasteiger partial charge in [-0.15, -0.1) is 0 Å². The molecule has 0 bridgehead atoms. The predicted molar refractivity (Wildman–Crippen MR) is 239 cm³/mol. The second-order valence-electron chi connectivity index (χ2n) is 15.3. The summed E-state index contributed by atoms with van der Waals surface area (Å²) in [6.45, 7) is 0. The quantitative estimate of drug-likeness (QED) is 0.162. The minimum Gasteiger partial charge on any atom is -0.452 e. The van der Waals surface area contributed by atoms with Gasteiger partial charge < -0.3 is 4.42 Å². The van der Waals surface area contributed by atoms with E-state index in [2.05, 4.69) is 164 Å². The first kappa shape index (κ1) is 34.7. The maximum absolute atomic E-state index is 6.81. The molecule has 0 spiro atoms. The van der Waals surface area contributed by atoms with Crippen LogP contribution in [0.3, 0.4) is 0 Å². The number of furan rings is 1. The van der Waals surface area contributed by atoms with Gasteiger partial charge in [-0.25, -0.2) is 19.9 Å². The van der Waals surface area contributed by atoms with Gasteiger partial charge in [-0.2, -0.15) is 0 Å². The van der Waals surface area contributed by atoms with Crippen molar-refractivity contribution in [1.29, 1.82) is 0 Å². The fourth-order valence-electron chi connectivity index (χ4n) is 8.56. The van der Waals surface area contributed by atoms with E-state index in [0.717, 1.165) is 79.3 Å². The zero-order chi connectivity index (χ0) is 39.1. The molecule has 3 aliphatic carbocycles. The third kappa shape index (κ3) is 6.57. The minimum absolute atomic E-state index is 0.123. The molecule has 3 atom stereocenters. The molecule has 3 aromatic heterocycles. The maximum Gasteiger partial charge on any atom is 0.179 e. The molecule has 0 radical (unpaired) electrons. The summed E-state index contributed by atoms with van der Waals surface area (Å²) in [7, 11) is 0. The first-order chi connectivity index (χ1) is 29.2. The highest BCUT2D eigenvalue weighted by atomic mass is 16.3. The highest BCUT2D eigenvalue weighted by molar-refractivity contribution is 5.95. The Bertz CT molecular complexity index is 2950. The van der Waals surface area contributed by atoms with Crippen molar-refractivity contribution in [2.45, 2.75) is 18.3 Å². The number of hydrogen-bond donors (Lipinski definition) is 0. The zero-order valence-corrected chi connectivity index (χ0v) is 32.2. The molecule has 59 heavy (non-hydrogen) atoms. The number of rotatable bonds is 7. The first-order valence-corrected chi connectivity index (χ1v) is 20.2. The van der Waals surface area contributed by atoms with Gasteiger partial charge in [-0.1, -0.05) is 176 Å². The van der Waals surface area contributed by atoms with E-state index in [-0.39, 0.29) is 17.8 Å². The van der Waals surface area contributed by atoms with Crippen molar-refractivity contribution >= 4 is 17.2 Å². The molecule has 280 valence electrons. The van der Waals surface area contributed by atoms with Gasteiger partial charge in [0.05, 0.1) is 11.4 Å². The molecule has 0 N–H and O–H groups in total. The Balaban J connectivity index is 1.07. The Morgan fingerprint density at radius 2 is 1.08 bits per heavy atom. The Hall–Kier alpha value is -7.50. The van der Waals surface area contributed by atoms with Crippen LogP contribution < -0.4 is 0 Å². The number of aromatic nitrogens is 4. The number of hydrogen-bond acceptors (Lipinski definition) is 5. The van der Waals surface area contributed by atoms with Gasteiger partial charge in [0.15, 0.2) is 17.2 Å². The molecule has 0 saturated heterocycles. The molecule has 3 aliphatic rings. The summed E-state index contributed by atoms with van der Waals surface area (Å²) in [5.74, 6) is 2.75. The van der Waals surface area contributed by atoms with Gasteiger partial charge >= 0.3 is 0 Å². The minimum atomic E-state index is 0.123. The van der Waals surface area contributed by atoms with Gasteiger partial charge in [0, 0.05) is 51.1 Å². The van der Waals surface area contributed by atoms with Crippen molar-refractivity contribution in [3.05, 3.63) is 211 Å². The van der Waals surface area contributed by atoms with E-state index in [1.807, 2.05) is 36.4 Å². The standard InChI is InChI=1S/C54H38N4O/c1-5-15-35(16-6-1)42-31-43(36-17-7-2-8-18-36)33-44(32-42)50-52-51(49-45-24-14-13-19-37(45)29-30-48(49)59-52)58-54(57-50)41-27-25-40(26-28-41)53-55-46(38-20-9-3-10-21-38)34-47(56-53)39-22-11-4-12-23-39/h1-17,19-34,36-37,45H,18H2. The van der Waals surface area contributed by atoms with Crippen molar-refractivity contribution < 1.29 is 4.42 Å².